The lowest BCUT2D eigenvalue weighted by Gasteiger charge is -2.43. The predicted molar refractivity (Wildman–Crippen MR) is 125 cm³/mol. The van der Waals surface area contributed by atoms with Crippen molar-refractivity contribution in [2.24, 2.45) is 11.8 Å². The molecule has 1 saturated carbocycles. The number of piperidine rings is 1. The van der Waals surface area contributed by atoms with E-state index in [2.05, 4.69) is 10.6 Å². The summed E-state index contributed by atoms with van der Waals surface area (Å²) in [5.41, 5.74) is 2.76. The molecule has 0 spiro atoms. The maximum atomic E-state index is 14.0. The van der Waals surface area contributed by atoms with Gasteiger partial charge in [-0.3, -0.25) is 4.79 Å². The highest BCUT2D eigenvalue weighted by molar-refractivity contribution is 6.32. The van der Waals surface area contributed by atoms with Crippen LogP contribution in [0.5, 0.6) is 0 Å². The number of aryl methyl sites for hydroxylation is 1. The van der Waals surface area contributed by atoms with E-state index in [1.807, 2.05) is 30.0 Å². The van der Waals surface area contributed by atoms with Crippen LogP contribution in [-0.2, 0) is 11.0 Å². The second-order valence-corrected chi connectivity index (χ2v) is 9.42. The van der Waals surface area contributed by atoms with Gasteiger partial charge in [-0.15, -0.1) is 0 Å². The topological polar surface area (TPSA) is 44.4 Å². The van der Waals surface area contributed by atoms with Crippen molar-refractivity contribution in [3.8, 4) is 0 Å². The number of amides is 1. The highest BCUT2D eigenvalue weighted by Crippen LogP contribution is 2.43. The third kappa shape index (κ3) is 4.21. The molecule has 174 valence electrons. The lowest BCUT2D eigenvalue weighted by atomic mass is 9.75. The van der Waals surface area contributed by atoms with Crippen molar-refractivity contribution in [2.45, 2.75) is 45.2 Å². The van der Waals surface area contributed by atoms with Crippen molar-refractivity contribution in [1.82, 2.24) is 0 Å². The molecule has 2 unspecified atom stereocenters. The number of nitrogens with zero attached hydrogens (tertiary/aromatic N) is 1. The molecule has 1 amide bonds. The largest absolute Gasteiger partial charge is 0.418 e. The van der Waals surface area contributed by atoms with Gasteiger partial charge >= 0.3 is 6.18 Å². The number of hydrogen-bond acceptors (Lipinski definition) is 3. The van der Waals surface area contributed by atoms with Crippen LogP contribution in [0.2, 0.25) is 0 Å². The van der Waals surface area contributed by atoms with Crippen LogP contribution in [0.3, 0.4) is 0 Å². The number of carbonyl (C=O) groups is 1. The molecule has 4 nitrogen and oxygen atoms in total. The maximum Gasteiger partial charge on any atom is 0.418 e. The number of hydrogen-bond donors (Lipinski definition) is 2. The molecule has 1 aliphatic carbocycles. The number of halogens is 3. The Morgan fingerprint density at radius 3 is 2.67 bits per heavy atom. The Balaban J connectivity index is 1.42. The Kier molecular flexibility index (Phi) is 5.59. The Morgan fingerprint density at radius 2 is 1.88 bits per heavy atom. The summed E-state index contributed by atoms with van der Waals surface area (Å²) < 4.78 is 42.1. The van der Waals surface area contributed by atoms with E-state index < -0.39 is 11.7 Å². The molecule has 2 aromatic carbocycles. The number of carbonyl (C=O) groups excluding carboxylic acids is 1. The first-order valence-electron chi connectivity index (χ1n) is 11.7. The summed E-state index contributed by atoms with van der Waals surface area (Å²) in [4.78, 5) is 14.3. The first kappa shape index (κ1) is 21.9. The fourth-order valence-corrected chi connectivity index (χ4v) is 5.67. The predicted octanol–water partition coefficient (Wildman–Crippen LogP) is 6.44. The Hall–Kier alpha value is -2.96. The second kappa shape index (κ2) is 8.43. The summed E-state index contributed by atoms with van der Waals surface area (Å²) in [5, 5.41) is 5.73. The lowest BCUT2D eigenvalue weighted by molar-refractivity contribution is -0.137. The molecule has 2 atom stereocenters. The summed E-state index contributed by atoms with van der Waals surface area (Å²) in [7, 11) is 0. The highest BCUT2D eigenvalue weighted by atomic mass is 19.4. The number of rotatable bonds is 3. The van der Waals surface area contributed by atoms with E-state index in [0.29, 0.717) is 41.9 Å². The Bertz CT molecular complexity index is 1110. The van der Waals surface area contributed by atoms with E-state index in [0.717, 1.165) is 30.0 Å². The molecule has 0 bridgehead atoms. The Labute approximate surface area is 191 Å². The van der Waals surface area contributed by atoms with Gasteiger partial charge in [-0.25, -0.2) is 0 Å². The zero-order chi connectivity index (χ0) is 23.2. The second-order valence-electron chi connectivity index (χ2n) is 9.42. The van der Waals surface area contributed by atoms with Gasteiger partial charge in [0.05, 0.1) is 11.1 Å². The lowest BCUT2D eigenvalue weighted by Crippen LogP contribution is -2.42. The summed E-state index contributed by atoms with van der Waals surface area (Å²) in [6, 6.07) is 9.97. The van der Waals surface area contributed by atoms with Crippen LogP contribution in [0.1, 0.15) is 48.8 Å². The van der Waals surface area contributed by atoms with Gasteiger partial charge in [0.15, 0.2) is 0 Å². The summed E-state index contributed by atoms with van der Waals surface area (Å²) in [6.45, 7) is 3.26. The minimum absolute atomic E-state index is 0.254. The van der Waals surface area contributed by atoms with Gasteiger partial charge in [-0.1, -0.05) is 31.4 Å². The molecule has 2 heterocycles. The van der Waals surface area contributed by atoms with Crippen molar-refractivity contribution in [3.63, 3.8) is 0 Å². The molecule has 2 aliphatic heterocycles. The van der Waals surface area contributed by atoms with Crippen LogP contribution in [0.4, 0.5) is 30.2 Å². The van der Waals surface area contributed by atoms with Crippen molar-refractivity contribution in [2.75, 3.05) is 28.6 Å². The van der Waals surface area contributed by atoms with E-state index in [4.69, 9.17) is 0 Å². The molecule has 2 N–H and O–H groups in total. The molecule has 0 aromatic heterocycles. The van der Waals surface area contributed by atoms with Gasteiger partial charge in [-0.05, 0) is 61.4 Å². The third-order valence-electron chi connectivity index (χ3n) is 7.35. The minimum atomic E-state index is -4.46. The van der Waals surface area contributed by atoms with Crippen LogP contribution < -0.4 is 15.5 Å². The first-order valence-corrected chi connectivity index (χ1v) is 11.7. The molecular formula is C26H28F3N3O. The average Bonchev–Trinajstić information content (AvgIpc) is 3.13. The Morgan fingerprint density at radius 1 is 1.09 bits per heavy atom. The van der Waals surface area contributed by atoms with Crippen molar-refractivity contribution in [3.05, 3.63) is 59.3 Å². The van der Waals surface area contributed by atoms with Crippen LogP contribution in [0, 0.1) is 18.8 Å². The van der Waals surface area contributed by atoms with Crippen molar-refractivity contribution < 1.29 is 18.0 Å². The maximum absolute atomic E-state index is 14.0. The molecule has 0 radical (unpaired) electrons. The molecule has 2 aromatic rings. The minimum Gasteiger partial charge on any atom is -0.371 e. The molecule has 33 heavy (non-hydrogen) atoms. The third-order valence-corrected chi connectivity index (χ3v) is 7.35. The molecule has 1 saturated heterocycles. The van der Waals surface area contributed by atoms with E-state index in [-0.39, 0.29) is 11.6 Å². The highest BCUT2D eigenvalue weighted by Gasteiger charge is 2.38. The fourth-order valence-electron chi connectivity index (χ4n) is 5.67. The number of benzene rings is 2. The molecule has 7 heteroatoms. The number of nitrogens with one attached hydrogen (secondary N) is 2. The van der Waals surface area contributed by atoms with Crippen LogP contribution in [-0.4, -0.2) is 19.0 Å². The van der Waals surface area contributed by atoms with Crippen molar-refractivity contribution >= 4 is 28.5 Å². The van der Waals surface area contributed by atoms with Crippen LogP contribution >= 0.6 is 0 Å². The molecule has 5 rings (SSSR count). The van der Waals surface area contributed by atoms with E-state index in [9.17, 15) is 18.0 Å². The van der Waals surface area contributed by atoms with Gasteiger partial charge in [0, 0.05) is 41.9 Å². The fraction of sp³-hybridized carbons (Fsp3) is 0.423. The van der Waals surface area contributed by atoms with Crippen molar-refractivity contribution in [1.29, 1.82) is 0 Å². The molecule has 2 fully saturated rings. The van der Waals surface area contributed by atoms with Gasteiger partial charge in [0.2, 0.25) is 0 Å². The quantitative estimate of drug-likeness (QED) is 0.524. The average molecular weight is 456 g/mol. The van der Waals surface area contributed by atoms with Gasteiger partial charge in [0.25, 0.3) is 5.91 Å². The van der Waals surface area contributed by atoms with Gasteiger partial charge in [0.1, 0.15) is 0 Å². The van der Waals surface area contributed by atoms with Crippen LogP contribution in [0.25, 0.3) is 5.57 Å². The first-order chi connectivity index (χ1) is 15.8. The van der Waals surface area contributed by atoms with Crippen LogP contribution in [0.15, 0.2) is 42.6 Å². The molecular weight excluding hydrogens is 427 g/mol. The standard InChI is InChI=1S/C26H28F3N3O/c1-16-5-4-8-22-24(16)20(25(33)31-22)14-30-19-9-10-23(21(13-19)26(27,28)29)32-12-11-17-6-2-3-7-18(17)15-32/h4-5,8-10,13-14,17-18,30H,2-3,6-7,11-12,15H2,1H3,(H,31,33). The summed E-state index contributed by atoms with van der Waals surface area (Å²) >= 11 is 0. The van der Waals surface area contributed by atoms with E-state index in [1.54, 1.807) is 12.1 Å². The number of fused-ring (bicyclic) bond motifs is 2. The zero-order valence-electron chi connectivity index (χ0n) is 18.6. The SMILES string of the molecule is Cc1cccc2c1C(=CNc1ccc(N3CCC4CCCCC4C3)c(C(F)(F)F)c1)C(=O)N2. The smallest absolute Gasteiger partial charge is 0.371 e. The van der Waals surface area contributed by atoms with E-state index >= 15 is 0 Å². The van der Waals surface area contributed by atoms with E-state index in [1.165, 1.54) is 25.5 Å². The monoisotopic (exact) mass is 455 g/mol. The zero-order valence-corrected chi connectivity index (χ0v) is 18.6. The molecule has 3 aliphatic rings. The van der Waals surface area contributed by atoms with Gasteiger partial charge < -0.3 is 15.5 Å². The summed E-state index contributed by atoms with van der Waals surface area (Å²) in [5.74, 6) is 0.871. The summed E-state index contributed by atoms with van der Waals surface area (Å²) in [6.07, 6.45) is 2.73. The number of alkyl halides is 3. The van der Waals surface area contributed by atoms with Gasteiger partial charge in [-0.2, -0.15) is 13.2 Å². The number of anilines is 3. The normalized spacial score (nSPS) is 23.8.